The number of nitrogens with zero attached hydrogens (tertiary/aromatic N) is 1. The molecule has 4 heterocycles. The van der Waals surface area contributed by atoms with E-state index >= 15 is 0 Å². The van der Waals surface area contributed by atoms with E-state index in [9.17, 15) is 14.4 Å². The Kier molecular flexibility index (Phi) is 4.65. The second-order valence-corrected chi connectivity index (χ2v) is 11.7. The zero-order chi connectivity index (χ0) is 27.4. The van der Waals surface area contributed by atoms with Crippen molar-refractivity contribution in [2.45, 2.75) is 43.7 Å². The summed E-state index contributed by atoms with van der Waals surface area (Å²) in [5.74, 6) is -1.32. The highest BCUT2D eigenvalue weighted by atomic mass is 16.2. The summed E-state index contributed by atoms with van der Waals surface area (Å²) < 4.78 is 0. The molecule has 4 aliphatic rings. The number of hydrogen-bond acceptors (Lipinski definition) is 4. The van der Waals surface area contributed by atoms with Crippen molar-refractivity contribution in [1.29, 1.82) is 0 Å². The first-order valence-electron chi connectivity index (χ1n) is 14.0. The number of ketones is 1. The minimum Gasteiger partial charge on any atom is -0.325 e. The average Bonchev–Trinajstić information content (AvgIpc) is 3.69. The van der Waals surface area contributed by atoms with Gasteiger partial charge in [-0.1, -0.05) is 66.7 Å². The van der Waals surface area contributed by atoms with Crippen LogP contribution in [-0.2, 0) is 20.5 Å². The van der Waals surface area contributed by atoms with Crippen LogP contribution in [0.1, 0.15) is 45.5 Å². The molecule has 4 unspecified atom stereocenters. The Balaban J connectivity index is 1.46. The molecule has 0 saturated carbocycles. The van der Waals surface area contributed by atoms with Crippen LogP contribution in [0.5, 0.6) is 0 Å². The fourth-order valence-electron chi connectivity index (χ4n) is 8.42. The van der Waals surface area contributed by atoms with E-state index in [2.05, 4.69) is 15.5 Å². The maximum Gasteiger partial charge on any atom is 0.251 e. The predicted octanol–water partition coefficient (Wildman–Crippen LogP) is 5.47. The van der Waals surface area contributed by atoms with Gasteiger partial charge in [0.05, 0.1) is 5.92 Å². The van der Waals surface area contributed by atoms with Gasteiger partial charge in [0.15, 0.2) is 5.78 Å². The van der Waals surface area contributed by atoms with Gasteiger partial charge in [0.1, 0.15) is 11.0 Å². The second-order valence-electron chi connectivity index (χ2n) is 11.7. The maximum absolute atomic E-state index is 14.9. The molecule has 0 aromatic heterocycles. The summed E-state index contributed by atoms with van der Waals surface area (Å²) in [6.07, 6.45) is 1.61. The molecule has 6 heteroatoms. The lowest BCUT2D eigenvalue weighted by atomic mass is 9.57. The molecule has 2 amide bonds. The maximum atomic E-state index is 14.9. The number of fused-ring (bicyclic) bond motifs is 8. The van der Waals surface area contributed by atoms with Gasteiger partial charge in [0.25, 0.3) is 5.91 Å². The molecular formula is C34H29N3O3. The van der Waals surface area contributed by atoms with Crippen molar-refractivity contribution >= 4 is 39.7 Å². The number of rotatable bonds is 2. The summed E-state index contributed by atoms with van der Waals surface area (Å²) >= 11 is 0. The Morgan fingerprint density at radius 2 is 1.62 bits per heavy atom. The van der Waals surface area contributed by atoms with Crippen molar-refractivity contribution in [3.05, 3.63) is 107 Å². The van der Waals surface area contributed by atoms with Gasteiger partial charge >= 0.3 is 0 Å². The van der Waals surface area contributed by atoms with Crippen molar-refractivity contribution < 1.29 is 14.4 Å². The van der Waals surface area contributed by atoms with Gasteiger partial charge in [0.2, 0.25) is 5.91 Å². The molecule has 2 saturated heterocycles. The van der Waals surface area contributed by atoms with Gasteiger partial charge in [0, 0.05) is 28.5 Å². The normalized spacial score (nSPS) is 28.1. The Bertz CT molecular complexity index is 1810. The number of hydrogen-bond donors (Lipinski definition) is 2. The third-order valence-corrected chi connectivity index (χ3v) is 10.1. The molecule has 4 aromatic rings. The summed E-state index contributed by atoms with van der Waals surface area (Å²) in [4.78, 5) is 46.4. The first-order valence-corrected chi connectivity index (χ1v) is 14.0. The third-order valence-electron chi connectivity index (χ3n) is 10.1. The summed E-state index contributed by atoms with van der Waals surface area (Å²) in [5.41, 5.74) is 2.85. The summed E-state index contributed by atoms with van der Waals surface area (Å²) in [6.45, 7) is 4.68. The smallest absolute Gasteiger partial charge is 0.251 e. The number of aryl methyl sites for hydroxylation is 1. The first-order chi connectivity index (χ1) is 19.4. The molecule has 2 N–H and O–H groups in total. The van der Waals surface area contributed by atoms with Gasteiger partial charge in [-0.3, -0.25) is 19.3 Å². The first kappa shape index (κ1) is 23.6. The Morgan fingerprint density at radius 1 is 0.850 bits per heavy atom. The molecule has 4 aliphatic heterocycles. The fourth-order valence-corrected chi connectivity index (χ4v) is 8.42. The van der Waals surface area contributed by atoms with Crippen molar-refractivity contribution in [2.75, 3.05) is 17.2 Å². The van der Waals surface area contributed by atoms with Crippen LogP contribution in [0.15, 0.2) is 78.9 Å². The number of amides is 2. The standard InChI is InChI=1S/C34H29N3O3/c1-19-13-16-25-29(20(19)2)36-32(40)34(25)33(24-10-5-6-11-26(24)35-31(33)39)28(27-12-7-17-37(27)34)30(38)23-15-14-21-8-3-4-9-22(21)18-23/h3-6,8-11,13-16,18,27-28H,7,12,17H2,1-2H3,(H,35,39)(H,36,40). The lowest BCUT2D eigenvalue weighted by Gasteiger charge is -2.43. The van der Waals surface area contributed by atoms with Crippen molar-refractivity contribution in [2.24, 2.45) is 5.92 Å². The van der Waals surface area contributed by atoms with E-state index in [1.807, 2.05) is 92.7 Å². The highest BCUT2D eigenvalue weighted by molar-refractivity contribution is 6.21. The van der Waals surface area contributed by atoms with E-state index in [4.69, 9.17) is 0 Å². The van der Waals surface area contributed by atoms with Crippen LogP contribution in [0.3, 0.4) is 0 Å². The van der Waals surface area contributed by atoms with E-state index in [0.29, 0.717) is 17.8 Å². The molecule has 2 fully saturated rings. The minimum atomic E-state index is -1.42. The number of para-hydroxylation sites is 1. The summed E-state index contributed by atoms with van der Waals surface area (Å²) in [6, 6.07) is 25.1. The largest absolute Gasteiger partial charge is 0.325 e. The van der Waals surface area contributed by atoms with Gasteiger partial charge < -0.3 is 10.6 Å². The van der Waals surface area contributed by atoms with Gasteiger partial charge in [-0.25, -0.2) is 0 Å². The number of benzene rings is 4. The molecule has 8 rings (SSSR count). The van der Waals surface area contributed by atoms with Crippen LogP contribution in [-0.4, -0.2) is 35.1 Å². The van der Waals surface area contributed by atoms with Gasteiger partial charge in [-0.2, -0.15) is 0 Å². The van der Waals surface area contributed by atoms with E-state index in [1.54, 1.807) is 0 Å². The van der Waals surface area contributed by atoms with Gasteiger partial charge in [-0.05, 0) is 72.8 Å². The zero-order valence-electron chi connectivity index (χ0n) is 22.5. The van der Waals surface area contributed by atoms with Gasteiger partial charge in [-0.15, -0.1) is 0 Å². The third kappa shape index (κ3) is 2.56. The molecule has 198 valence electrons. The molecule has 4 atom stereocenters. The van der Waals surface area contributed by atoms with Crippen molar-refractivity contribution in [1.82, 2.24) is 4.90 Å². The number of nitrogens with one attached hydrogen (secondary N) is 2. The number of carbonyl (C=O) groups excluding carboxylic acids is 3. The minimum absolute atomic E-state index is 0.0866. The van der Waals surface area contributed by atoms with Crippen molar-refractivity contribution in [3.8, 4) is 0 Å². The summed E-state index contributed by atoms with van der Waals surface area (Å²) in [5, 5.41) is 8.35. The number of Topliss-reactive ketones (excluding diaryl/α,β-unsaturated/α-hetero) is 1. The zero-order valence-corrected chi connectivity index (χ0v) is 22.5. The van der Waals surface area contributed by atoms with Crippen LogP contribution in [0.25, 0.3) is 10.8 Å². The van der Waals surface area contributed by atoms with Crippen LogP contribution in [0.2, 0.25) is 0 Å². The molecule has 0 radical (unpaired) electrons. The molecule has 40 heavy (non-hydrogen) atoms. The number of anilines is 2. The van der Waals surface area contributed by atoms with Crippen LogP contribution in [0.4, 0.5) is 11.4 Å². The SMILES string of the molecule is Cc1ccc2c(c1C)NC(=O)C21N2CCCC2C(C(=O)c2ccc3ccccc3c2)C12C(=O)Nc1ccccc12. The number of carbonyl (C=O) groups is 3. The molecule has 4 aromatic carbocycles. The highest BCUT2D eigenvalue weighted by Crippen LogP contribution is 2.68. The van der Waals surface area contributed by atoms with E-state index in [1.165, 1.54) is 0 Å². The highest BCUT2D eigenvalue weighted by Gasteiger charge is 2.81. The van der Waals surface area contributed by atoms with E-state index < -0.39 is 16.9 Å². The molecule has 0 bridgehead atoms. The Hall–Kier alpha value is -4.29. The predicted molar refractivity (Wildman–Crippen MR) is 154 cm³/mol. The van der Waals surface area contributed by atoms with Crippen LogP contribution < -0.4 is 10.6 Å². The molecule has 0 aliphatic carbocycles. The molecule has 6 nitrogen and oxygen atoms in total. The average molecular weight is 528 g/mol. The quantitative estimate of drug-likeness (QED) is 0.339. The summed E-state index contributed by atoms with van der Waals surface area (Å²) in [7, 11) is 0. The Morgan fingerprint density at radius 3 is 2.48 bits per heavy atom. The Labute approximate surface area is 232 Å². The lowest BCUT2D eigenvalue weighted by Crippen LogP contribution is -2.62. The fraction of sp³-hybridized carbons (Fsp3) is 0.265. The van der Waals surface area contributed by atoms with Crippen LogP contribution in [0, 0.1) is 19.8 Å². The second kappa shape index (κ2) is 7.89. The van der Waals surface area contributed by atoms with E-state index in [0.717, 1.165) is 51.6 Å². The van der Waals surface area contributed by atoms with Crippen molar-refractivity contribution in [3.63, 3.8) is 0 Å². The monoisotopic (exact) mass is 527 g/mol. The van der Waals surface area contributed by atoms with E-state index in [-0.39, 0.29) is 23.6 Å². The topological polar surface area (TPSA) is 78.5 Å². The molecular weight excluding hydrogens is 498 g/mol. The molecule has 2 spiro atoms. The lowest BCUT2D eigenvalue weighted by molar-refractivity contribution is -0.137. The van der Waals surface area contributed by atoms with Crippen LogP contribution >= 0.6 is 0 Å².